The van der Waals surface area contributed by atoms with Crippen LogP contribution < -0.4 is 5.32 Å². The van der Waals surface area contributed by atoms with Crippen LogP contribution in [0.25, 0.3) is 10.1 Å². The number of nitrogens with zero attached hydrogens (tertiary/aromatic N) is 3. The van der Waals surface area contributed by atoms with Crippen molar-refractivity contribution < 1.29 is 0 Å². The maximum Gasteiger partial charge on any atom is 0.191 e. The quantitative estimate of drug-likeness (QED) is 0.754. The summed E-state index contributed by atoms with van der Waals surface area (Å²) in [5.41, 5.74) is 1.31. The van der Waals surface area contributed by atoms with Gasteiger partial charge >= 0.3 is 0 Å². The Morgan fingerprint density at radius 2 is 2.28 bits per heavy atom. The summed E-state index contributed by atoms with van der Waals surface area (Å²) < 4.78 is 1.32. The van der Waals surface area contributed by atoms with Gasteiger partial charge in [0.05, 0.1) is 6.04 Å². The van der Waals surface area contributed by atoms with Crippen LogP contribution in [0.4, 0.5) is 0 Å². The molecule has 1 atom stereocenters. The highest BCUT2D eigenvalue weighted by Crippen LogP contribution is 2.25. The van der Waals surface area contributed by atoms with Gasteiger partial charge in [0.25, 0.3) is 0 Å². The van der Waals surface area contributed by atoms with Gasteiger partial charge in [-0.25, -0.2) is 0 Å². The Morgan fingerprint density at radius 1 is 1.39 bits per heavy atom. The second-order valence-electron chi connectivity index (χ2n) is 4.13. The number of tetrazole rings is 1. The third-order valence-electron chi connectivity index (χ3n) is 2.91. The molecule has 0 aliphatic carbocycles. The van der Waals surface area contributed by atoms with Crippen molar-refractivity contribution >= 4 is 21.4 Å². The Bertz CT molecular complexity index is 631. The van der Waals surface area contributed by atoms with Crippen LogP contribution in [-0.2, 0) is 6.54 Å². The van der Waals surface area contributed by atoms with E-state index in [4.69, 9.17) is 0 Å². The molecule has 2 aromatic heterocycles. The van der Waals surface area contributed by atoms with E-state index in [1.54, 1.807) is 11.3 Å². The fourth-order valence-electron chi connectivity index (χ4n) is 1.88. The first kappa shape index (κ1) is 11.3. The largest absolute Gasteiger partial charge is 0.303 e. The number of aromatic nitrogens is 4. The van der Waals surface area contributed by atoms with Crippen LogP contribution in [0.5, 0.6) is 0 Å². The van der Waals surface area contributed by atoms with E-state index in [1.165, 1.54) is 15.6 Å². The van der Waals surface area contributed by atoms with Gasteiger partial charge in [-0.1, -0.05) is 23.4 Å². The predicted octanol–water partition coefficient (Wildman–Crippen LogP) is 2.27. The van der Waals surface area contributed by atoms with Crippen LogP contribution in [0.3, 0.4) is 0 Å². The zero-order valence-electron chi connectivity index (χ0n) is 9.92. The summed E-state index contributed by atoms with van der Waals surface area (Å²) in [6, 6.07) is 8.52. The van der Waals surface area contributed by atoms with Gasteiger partial charge in [-0.05, 0) is 29.3 Å². The number of H-pyrrole nitrogens is 1. The van der Waals surface area contributed by atoms with Crippen molar-refractivity contribution in [2.24, 2.45) is 0 Å². The third kappa shape index (κ3) is 2.12. The summed E-state index contributed by atoms with van der Waals surface area (Å²) in [4.78, 5) is 0. The Balaban J connectivity index is 1.73. The first-order chi connectivity index (χ1) is 8.84. The van der Waals surface area contributed by atoms with Gasteiger partial charge in [-0.3, -0.25) is 0 Å². The number of fused-ring (bicyclic) bond motifs is 1. The second kappa shape index (κ2) is 4.83. The topological polar surface area (TPSA) is 66.5 Å². The van der Waals surface area contributed by atoms with Gasteiger partial charge in [-0.2, -0.15) is 5.21 Å². The SMILES string of the molecule is CC(NCc1csc2ccccc12)c1nn[nH]n1. The van der Waals surface area contributed by atoms with Gasteiger partial charge in [0.2, 0.25) is 0 Å². The number of hydrogen-bond acceptors (Lipinski definition) is 5. The van der Waals surface area contributed by atoms with Crippen molar-refractivity contribution in [2.75, 3.05) is 0 Å². The van der Waals surface area contributed by atoms with Crippen molar-refractivity contribution in [3.05, 3.63) is 41.0 Å². The average Bonchev–Trinajstić information content (AvgIpc) is 3.06. The van der Waals surface area contributed by atoms with E-state index in [2.05, 4.69) is 55.6 Å². The zero-order chi connectivity index (χ0) is 12.4. The summed E-state index contributed by atoms with van der Waals surface area (Å²) >= 11 is 1.77. The fraction of sp³-hybridized carbons (Fsp3) is 0.250. The first-order valence-corrected chi connectivity index (χ1v) is 6.64. The number of rotatable bonds is 4. The summed E-state index contributed by atoms with van der Waals surface area (Å²) in [7, 11) is 0. The molecule has 92 valence electrons. The molecule has 18 heavy (non-hydrogen) atoms. The molecular formula is C12H13N5S. The third-order valence-corrected chi connectivity index (χ3v) is 3.92. The van der Waals surface area contributed by atoms with Gasteiger partial charge in [-0.15, -0.1) is 21.5 Å². The van der Waals surface area contributed by atoms with Crippen molar-refractivity contribution in [1.29, 1.82) is 0 Å². The van der Waals surface area contributed by atoms with Crippen molar-refractivity contribution in [3.8, 4) is 0 Å². The molecule has 6 heteroatoms. The summed E-state index contributed by atoms with van der Waals surface area (Å²) in [6.45, 7) is 2.83. The summed E-state index contributed by atoms with van der Waals surface area (Å²) in [5.74, 6) is 0.689. The average molecular weight is 259 g/mol. The normalized spacial score (nSPS) is 12.9. The number of nitrogens with one attached hydrogen (secondary N) is 2. The van der Waals surface area contributed by atoms with Gasteiger partial charge in [0.15, 0.2) is 5.82 Å². The highest BCUT2D eigenvalue weighted by molar-refractivity contribution is 7.17. The maximum atomic E-state index is 3.97. The van der Waals surface area contributed by atoms with E-state index in [0.717, 1.165) is 6.54 Å². The van der Waals surface area contributed by atoms with Crippen molar-refractivity contribution in [3.63, 3.8) is 0 Å². The molecule has 0 aliphatic heterocycles. The standard InChI is InChI=1S/C12H13N5S/c1-8(12-14-16-17-15-12)13-6-9-7-18-11-5-3-2-4-10(9)11/h2-5,7-8,13H,6H2,1H3,(H,14,15,16,17). The molecule has 1 unspecified atom stereocenters. The minimum Gasteiger partial charge on any atom is -0.303 e. The van der Waals surface area contributed by atoms with E-state index in [-0.39, 0.29) is 6.04 Å². The highest BCUT2D eigenvalue weighted by atomic mass is 32.1. The fourth-order valence-corrected chi connectivity index (χ4v) is 2.84. The molecule has 0 radical (unpaired) electrons. The molecule has 2 N–H and O–H groups in total. The highest BCUT2D eigenvalue weighted by Gasteiger charge is 2.10. The Morgan fingerprint density at radius 3 is 3.11 bits per heavy atom. The van der Waals surface area contributed by atoms with Gasteiger partial charge in [0, 0.05) is 11.2 Å². The van der Waals surface area contributed by atoms with Gasteiger partial charge in [0.1, 0.15) is 0 Å². The molecule has 0 amide bonds. The van der Waals surface area contributed by atoms with E-state index in [1.807, 2.05) is 6.92 Å². The van der Waals surface area contributed by atoms with Crippen LogP contribution in [0.1, 0.15) is 24.4 Å². The lowest BCUT2D eigenvalue weighted by Gasteiger charge is -2.08. The van der Waals surface area contributed by atoms with E-state index < -0.39 is 0 Å². The molecule has 0 aliphatic rings. The molecule has 2 heterocycles. The van der Waals surface area contributed by atoms with Crippen molar-refractivity contribution in [1.82, 2.24) is 25.9 Å². The smallest absolute Gasteiger partial charge is 0.191 e. The molecule has 0 saturated carbocycles. The molecule has 0 fully saturated rings. The molecular weight excluding hydrogens is 246 g/mol. The predicted molar refractivity (Wildman–Crippen MR) is 71.3 cm³/mol. The molecule has 3 rings (SSSR count). The molecule has 0 bridgehead atoms. The number of benzene rings is 1. The van der Waals surface area contributed by atoms with Gasteiger partial charge < -0.3 is 5.32 Å². The lowest BCUT2D eigenvalue weighted by molar-refractivity contribution is 0.548. The molecule has 1 aromatic carbocycles. The Kier molecular flexibility index (Phi) is 3.04. The summed E-state index contributed by atoms with van der Waals surface area (Å²) in [5, 5.41) is 20.9. The van der Waals surface area contributed by atoms with E-state index in [9.17, 15) is 0 Å². The number of thiophene rings is 1. The van der Waals surface area contributed by atoms with Crippen molar-refractivity contribution in [2.45, 2.75) is 19.5 Å². The van der Waals surface area contributed by atoms with Crippen LogP contribution in [0.2, 0.25) is 0 Å². The molecule has 5 nitrogen and oxygen atoms in total. The number of aromatic amines is 1. The Labute approximate surface area is 108 Å². The van der Waals surface area contributed by atoms with Crippen LogP contribution in [0.15, 0.2) is 29.6 Å². The minimum atomic E-state index is 0.0856. The maximum absolute atomic E-state index is 3.97. The molecule has 0 saturated heterocycles. The Hall–Kier alpha value is -1.79. The lowest BCUT2D eigenvalue weighted by Crippen LogP contribution is -2.19. The lowest BCUT2D eigenvalue weighted by atomic mass is 10.1. The second-order valence-corrected chi connectivity index (χ2v) is 5.04. The first-order valence-electron chi connectivity index (χ1n) is 5.76. The monoisotopic (exact) mass is 259 g/mol. The van der Waals surface area contributed by atoms with Crippen LogP contribution >= 0.6 is 11.3 Å². The molecule has 0 spiro atoms. The zero-order valence-corrected chi connectivity index (χ0v) is 10.7. The number of hydrogen-bond donors (Lipinski definition) is 2. The minimum absolute atomic E-state index is 0.0856. The molecule has 3 aromatic rings. The van der Waals surface area contributed by atoms with Crippen LogP contribution in [0, 0.1) is 0 Å². The van der Waals surface area contributed by atoms with E-state index >= 15 is 0 Å². The van der Waals surface area contributed by atoms with Crippen LogP contribution in [-0.4, -0.2) is 20.6 Å². The van der Waals surface area contributed by atoms with E-state index in [0.29, 0.717) is 5.82 Å². The summed E-state index contributed by atoms with van der Waals surface area (Å²) in [6.07, 6.45) is 0.